The molecule has 3 aliphatic rings. The normalized spacial score (nSPS) is 22.5. The molecule has 2 amide bonds. The number of carbonyl (C=O) groups is 1. The van der Waals surface area contributed by atoms with E-state index in [0.717, 1.165) is 54.1 Å². The smallest absolute Gasteiger partial charge is 0.349 e. The Morgan fingerprint density at radius 3 is 2.62 bits per heavy atom. The number of hydrogen-bond donors (Lipinski definition) is 2. The van der Waals surface area contributed by atoms with E-state index in [1.54, 1.807) is 16.5 Å². The molecule has 1 unspecified atom stereocenters. The van der Waals surface area contributed by atoms with Gasteiger partial charge in [-0.15, -0.1) is 0 Å². The number of rotatable bonds is 6. The fraction of sp³-hybridized carbons (Fsp3) is 0.571. The van der Waals surface area contributed by atoms with E-state index in [-0.39, 0.29) is 23.8 Å². The van der Waals surface area contributed by atoms with Gasteiger partial charge in [0.1, 0.15) is 11.6 Å². The first-order chi connectivity index (χ1) is 21.6. The molecule has 244 valence electrons. The Balaban J connectivity index is 1.63. The second-order valence-corrected chi connectivity index (χ2v) is 14.9. The Labute approximate surface area is 271 Å². The Kier molecular flexibility index (Phi) is 9.39. The van der Waals surface area contributed by atoms with Gasteiger partial charge in [-0.05, 0) is 95.4 Å². The number of nitrogens with one attached hydrogen (secondary N) is 2. The van der Waals surface area contributed by atoms with Gasteiger partial charge < -0.3 is 14.2 Å². The first-order valence-electron chi connectivity index (χ1n) is 16.6. The molecular weight excluding hydrogens is 587 g/mol. The molecule has 45 heavy (non-hydrogen) atoms. The van der Waals surface area contributed by atoms with Crippen LogP contribution < -0.4 is 20.4 Å². The molecule has 0 saturated heterocycles. The third-order valence-electron chi connectivity index (χ3n) is 9.59. The van der Waals surface area contributed by atoms with Gasteiger partial charge >= 0.3 is 6.03 Å². The summed E-state index contributed by atoms with van der Waals surface area (Å²) in [6, 6.07) is 11.5. The summed E-state index contributed by atoms with van der Waals surface area (Å²) in [5, 5.41) is 5.01. The van der Waals surface area contributed by atoms with E-state index >= 15 is 0 Å². The molecule has 2 aliphatic heterocycles. The molecule has 2 N–H and O–H groups in total. The van der Waals surface area contributed by atoms with Gasteiger partial charge in [-0.25, -0.2) is 14.6 Å². The zero-order valence-corrected chi connectivity index (χ0v) is 28.5. The molecular formula is C35H49FN6O2S. The molecule has 0 radical (unpaired) electrons. The summed E-state index contributed by atoms with van der Waals surface area (Å²) in [7, 11) is 4.07. The van der Waals surface area contributed by atoms with Crippen molar-refractivity contribution in [1.29, 1.82) is 0 Å². The van der Waals surface area contributed by atoms with Crippen LogP contribution in [0.4, 0.5) is 14.9 Å². The number of halogens is 1. The van der Waals surface area contributed by atoms with Crippen LogP contribution in [0.15, 0.2) is 36.4 Å². The van der Waals surface area contributed by atoms with Crippen LogP contribution in [0.3, 0.4) is 0 Å². The number of amides is 2. The lowest BCUT2D eigenvalue weighted by molar-refractivity contribution is 0.137. The van der Waals surface area contributed by atoms with Crippen LogP contribution in [0, 0.1) is 11.7 Å². The van der Waals surface area contributed by atoms with E-state index < -0.39 is 5.66 Å². The van der Waals surface area contributed by atoms with Crippen molar-refractivity contribution in [2.24, 2.45) is 5.92 Å². The van der Waals surface area contributed by atoms with Crippen molar-refractivity contribution in [3.05, 3.63) is 47.8 Å². The van der Waals surface area contributed by atoms with E-state index in [2.05, 4.69) is 66.1 Å². The molecule has 4 bridgehead atoms. The summed E-state index contributed by atoms with van der Waals surface area (Å²) in [5.41, 5.74) is 8.33. The Bertz CT molecular complexity index is 1530. The van der Waals surface area contributed by atoms with E-state index in [0.29, 0.717) is 24.8 Å². The van der Waals surface area contributed by atoms with Crippen molar-refractivity contribution in [2.75, 3.05) is 44.4 Å². The molecule has 1 saturated carbocycles. The van der Waals surface area contributed by atoms with Crippen LogP contribution in [-0.2, 0) is 6.54 Å². The van der Waals surface area contributed by atoms with Crippen molar-refractivity contribution in [2.45, 2.75) is 84.0 Å². The van der Waals surface area contributed by atoms with Crippen LogP contribution in [0.1, 0.15) is 71.3 Å². The second-order valence-electron chi connectivity index (χ2n) is 13.7. The average molecular weight is 637 g/mol. The number of hydrazine groups is 1. The highest BCUT2D eigenvalue weighted by Gasteiger charge is 2.36. The summed E-state index contributed by atoms with van der Waals surface area (Å²) in [6.07, 6.45) is 5.98. The predicted octanol–water partition coefficient (Wildman–Crippen LogP) is 7.19. The molecule has 10 heteroatoms. The van der Waals surface area contributed by atoms with Gasteiger partial charge in [-0.1, -0.05) is 32.3 Å². The molecule has 6 rings (SSSR count). The number of aromatic nitrogens is 1. The molecule has 0 spiro atoms. The lowest BCUT2D eigenvalue weighted by atomic mass is 9.81. The molecule has 8 nitrogen and oxygen atoms in total. The van der Waals surface area contributed by atoms with E-state index in [1.165, 1.54) is 42.2 Å². The van der Waals surface area contributed by atoms with Gasteiger partial charge in [0.2, 0.25) is 0 Å². The highest BCUT2D eigenvalue weighted by atomic mass is 32.2. The maximum absolute atomic E-state index is 14.7. The Morgan fingerprint density at radius 1 is 1.11 bits per heavy atom. The third-order valence-corrected chi connectivity index (χ3v) is 10.4. The third kappa shape index (κ3) is 6.57. The van der Waals surface area contributed by atoms with Crippen molar-refractivity contribution in [3.63, 3.8) is 0 Å². The van der Waals surface area contributed by atoms with Crippen LogP contribution in [0.2, 0.25) is 0 Å². The van der Waals surface area contributed by atoms with Crippen LogP contribution in [-0.4, -0.2) is 71.2 Å². The number of fused-ring (bicyclic) bond motifs is 4. The second kappa shape index (κ2) is 13.1. The minimum atomic E-state index is -0.606. The largest absolute Gasteiger partial charge is 0.492 e. The van der Waals surface area contributed by atoms with E-state index in [9.17, 15) is 9.18 Å². The number of carbonyl (C=O) groups excluding carboxylic acids is 1. The number of anilines is 1. The standard InChI is InChI=1S/C35H49FN6O2S/c1-7-45-42-34(43)40(18-17-39(5)6)27-14-16-28-30(20-27)41-21-25(23(2)37-35(3,4)38-42)22-44-31-19-26(36)13-15-29(31)33(41)32(28)24-11-9-8-10-12-24/h13-16,19-20,23-25,37-38H,7-12,17-18,21-22H2,1-6H3/t23?,25-/m0/s1. The van der Waals surface area contributed by atoms with Crippen molar-refractivity contribution >= 4 is 34.6 Å². The van der Waals surface area contributed by atoms with Gasteiger partial charge in [-0.3, -0.25) is 10.2 Å². The number of ether oxygens (including phenoxy) is 1. The summed E-state index contributed by atoms with van der Waals surface area (Å²) in [6.45, 7) is 10.8. The quantitative estimate of drug-likeness (QED) is 0.279. The molecule has 3 aromatic rings. The van der Waals surface area contributed by atoms with Crippen molar-refractivity contribution < 1.29 is 13.9 Å². The molecule has 2 aromatic carbocycles. The van der Waals surface area contributed by atoms with E-state index in [4.69, 9.17) is 4.74 Å². The SMILES string of the molecule is CCSN1NC(C)(C)NC(C)[C@@H]2COc3cc(F)ccc3-c3c(C4CCCCC4)c4ccc(cc4n3C2)N(CCN(C)C)C1=O. The highest BCUT2D eigenvalue weighted by Crippen LogP contribution is 2.48. The van der Waals surface area contributed by atoms with Crippen molar-refractivity contribution in [3.8, 4) is 17.0 Å². The van der Waals surface area contributed by atoms with Gasteiger partial charge in [-0.2, -0.15) is 4.41 Å². The summed E-state index contributed by atoms with van der Waals surface area (Å²) < 4.78 is 25.4. The lowest BCUT2D eigenvalue weighted by Crippen LogP contribution is -2.63. The number of nitrogens with zero attached hydrogens (tertiary/aromatic N) is 4. The van der Waals surface area contributed by atoms with Gasteiger partial charge in [0, 0.05) is 60.1 Å². The molecule has 1 aromatic heterocycles. The lowest BCUT2D eigenvalue weighted by Gasteiger charge is -2.40. The number of hydrogen-bond acceptors (Lipinski definition) is 6. The highest BCUT2D eigenvalue weighted by molar-refractivity contribution is 7.97. The molecule has 2 atom stereocenters. The minimum absolute atomic E-state index is 0.0170. The monoisotopic (exact) mass is 636 g/mol. The predicted molar refractivity (Wildman–Crippen MR) is 183 cm³/mol. The summed E-state index contributed by atoms with van der Waals surface area (Å²) in [4.78, 5) is 18.4. The first-order valence-corrected chi connectivity index (χ1v) is 17.5. The minimum Gasteiger partial charge on any atom is -0.492 e. The Morgan fingerprint density at radius 2 is 1.89 bits per heavy atom. The molecule has 1 fully saturated rings. The topological polar surface area (TPSA) is 65.0 Å². The molecule has 1 aliphatic carbocycles. The Hall–Kier alpha value is -2.79. The maximum Gasteiger partial charge on any atom is 0.349 e. The zero-order chi connectivity index (χ0) is 31.9. The molecule has 3 heterocycles. The van der Waals surface area contributed by atoms with Crippen molar-refractivity contribution in [1.82, 2.24) is 24.6 Å². The van der Waals surface area contributed by atoms with Gasteiger partial charge in [0.15, 0.2) is 0 Å². The van der Waals surface area contributed by atoms with E-state index in [1.807, 2.05) is 25.1 Å². The maximum atomic E-state index is 14.7. The van der Waals surface area contributed by atoms with Gasteiger partial charge in [0.05, 0.1) is 23.5 Å². The van der Waals surface area contributed by atoms with Crippen LogP contribution >= 0.6 is 11.9 Å². The van der Waals surface area contributed by atoms with Crippen LogP contribution in [0.5, 0.6) is 5.75 Å². The summed E-state index contributed by atoms with van der Waals surface area (Å²) in [5.74, 6) is 1.55. The number of urea groups is 1. The summed E-state index contributed by atoms with van der Waals surface area (Å²) >= 11 is 1.47. The fourth-order valence-electron chi connectivity index (χ4n) is 7.40. The first kappa shape index (κ1) is 32.2. The van der Waals surface area contributed by atoms with Crippen LogP contribution in [0.25, 0.3) is 22.2 Å². The fourth-order valence-corrected chi connectivity index (χ4v) is 8.16. The number of likely N-dealkylation sites (N-methyl/N-ethyl adjacent to an activating group) is 1. The average Bonchev–Trinajstić information content (AvgIpc) is 3.30. The van der Waals surface area contributed by atoms with Gasteiger partial charge in [0.25, 0.3) is 0 Å². The zero-order valence-electron chi connectivity index (χ0n) is 27.7. The number of benzene rings is 2.